The lowest BCUT2D eigenvalue weighted by atomic mass is 10.1. The molecular formula is C16H18N4. The summed E-state index contributed by atoms with van der Waals surface area (Å²) in [6.07, 6.45) is 5.66. The van der Waals surface area contributed by atoms with Gasteiger partial charge >= 0.3 is 0 Å². The summed E-state index contributed by atoms with van der Waals surface area (Å²) in [6.45, 7) is 4.73. The van der Waals surface area contributed by atoms with Crippen LogP contribution in [0.2, 0.25) is 0 Å². The first-order chi connectivity index (χ1) is 9.86. The minimum atomic E-state index is 0.705. The van der Waals surface area contributed by atoms with E-state index in [1.165, 1.54) is 16.5 Å². The van der Waals surface area contributed by atoms with Crippen molar-refractivity contribution in [1.29, 1.82) is 0 Å². The Kier molecular flexibility index (Phi) is 3.74. The highest BCUT2D eigenvalue weighted by Crippen LogP contribution is 2.18. The summed E-state index contributed by atoms with van der Waals surface area (Å²) in [4.78, 5) is 8.55. The highest BCUT2D eigenvalue weighted by molar-refractivity contribution is 5.80. The van der Waals surface area contributed by atoms with E-state index in [1.807, 2.05) is 6.07 Å². The summed E-state index contributed by atoms with van der Waals surface area (Å²) in [6, 6.07) is 10.6. The van der Waals surface area contributed by atoms with Crippen LogP contribution in [-0.4, -0.2) is 21.1 Å². The third-order valence-electron chi connectivity index (χ3n) is 3.35. The number of hydrogen-bond acceptors (Lipinski definition) is 3. The predicted octanol–water partition coefficient (Wildman–Crippen LogP) is 2.59. The van der Waals surface area contributed by atoms with Crippen LogP contribution in [0.15, 0.2) is 48.9 Å². The van der Waals surface area contributed by atoms with Crippen molar-refractivity contribution < 1.29 is 0 Å². The molecule has 0 aliphatic heterocycles. The van der Waals surface area contributed by atoms with E-state index in [-0.39, 0.29) is 0 Å². The van der Waals surface area contributed by atoms with Crippen LogP contribution in [0.25, 0.3) is 10.9 Å². The Morgan fingerprint density at radius 1 is 1.15 bits per heavy atom. The van der Waals surface area contributed by atoms with E-state index in [1.54, 1.807) is 12.4 Å². The molecule has 1 aromatic carbocycles. The number of nitrogens with one attached hydrogen (secondary N) is 1. The third kappa shape index (κ3) is 2.70. The van der Waals surface area contributed by atoms with Crippen LogP contribution in [0, 0.1) is 0 Å². The van der Waals surface area contributed by atoms with Crippen LogP contribution in [0.4, 0.5) is 0 Å². The molecule has 4 nitrogen and oxygen atoms in total. The van der Waals surface area contributed by atoms with Gasteiger partial charge in [-0.05, 0) is 41.8 Å². The zero-order chi connectivity index (χ0) is 13.8. The summed E-state index contributed by atoms with van der Waals surface area (Å²) in [5.41, 5.74) is 2.53. The van der Waals surface area contributed by atoms with Gasteiger partial charge in [0, 0.05) is 30.7 Å². The van der Waals surface area contributed by atoms with Gasteiger partial charge in [-0.15, -0.1) is 0 Å². The molecule has 0 saturated heterocycles. The number of benzene rings is 1. The van der Waals surface area contributed by atoms with Crippen molar-refractivity contribution in [3.05, 3.63) is 60.3 Å². The predicted molar refractivity (Wildman–Crippen MR) is 80.5 cm³/mol. The van der Waals surface area contributed by atoms with Crippen molar-refractivity contribution in [3.8, 4) is 0 Å². The Balaban J connectivity index is 1.86. The van der Waals surface area contributed by atoms with E-state index in [2.05, 4.69) is 57.2 Å². The molecule has 20 heavy (non-hydrogen) atoms. The quantitative estimate of drug-likeness (QED) is 0.772. The molecule has 0 bridgehead atoms. The first kappa shape index (κ1) is 12.8. The van der Waals surface area contributed by atoms with E-state index < -0.39 is 0 Å². The second kappa shape index (κ2) is 5.84. The molecule has 0 aliphatic rings. The molecule has 3 rings (SSSR count). The average Bonchev–Trinajstić information content (AvgIpc) is 2.89. The molecule has 0 radical (unpaired) electrons. The van der Waals surface area contributed by atoms with Gasteiger partial charge < -0.3 is 9.88 Å². The molecule has 0 saturated carbocycles. The van der Waals surface area contributed by atoms with Gasteiger partial charge in [0.1, 0.15) is 5.82 Å². The van der Waals surface area contributed by atoms with Crippen molar-refractivity contribution in [2.45, 2.75) is 20.0 Å². The molecule has 0 atom stereocenters. The monoisotopic (exact) mass is 266 g/mol. The van der Waals surface area contributed by atoms with Crippen molar-refractivity contribution in [2.24, 2.45) is 0 Å². The zero-order valence-electron chi connectivity index (χ0n) is 11.6. The maximum absolute atomic E-state index is 4.28. The molecule has 4 heteroatoms. The lowest BCUT2D eigenvalue weighted by Crippen LogP contribution is -2.11. The van der Waals surface area contributed by atoms with Crippen LogP contribution < -0.4 is 5.32 Å². The molecular weight excluding hydrogens is 248 g/mol. The van der Waals surface area contributed by atoms with E-state index in [0.29, 0.717) is 6.54 Å². The molecule has 102 valence electrons. The smallest absolute Gasteiger partial charge is 0.147 e. The molecule has 0 amide bonds. The Bertz CT molecular complexity index is 688. The number of rotatable bonds is 5. The summed E-state index contributed by atoms with van der Waals surface area (Å²) in [5, 5.41) is 4.61. The number of aromatic nitrogens is 3. The molecule has 2 aromatic heterocycles. The minimum Gasteiger partial charge on any atom is -0.340 e. The van der Waals surface area contributed by atoms with E-state index in [4.69, 9.17) is 0 Å². The van der Waals surface area contributed by atoms with Gasteiger partial charge in [-0.2, -0.15) is 0 Å². The molecule has 2 heterocycles. The summed E-state index contributed by atoms with van der Waals surface area (Å²) >= 11 is 0. The van der Waals surface area contributed by atoms with Crippen molar-refractivity contribution in [1.82, 2.24) is 19.9 Å². The number of nitrogens with zero attached hydrogens (tertiary/aromatic N) is 3. The number of hydrogen-bond donors (Lipinski definition) is 1. The molecule has 0 unspecified atom stereocenters. The summed E-state index contributed by atoms with van der Waals surface area (Å²) in [5.74, 6) is 0.835. The van der Waals surface area contributed by atoms with Gasteiger partial charge in [0.2, 0.25) is 0 Å². The Labute approximate surface area is 118 Å². The van der Waals surface area contributed by atoms with Gasteiger partial charge in [0.25, 0.3) is 0 Å². The van der Waals surface area contributed by atoms with Gasteiger partial charge in [-0.25, -0.2) is 9.97 Å². The van der Waals surface area contributed by atoms with Crippen molar-refractivity contribution >= 4 is 10.9 Å². The van der Waals surface area contributed by atoms with Crippen LogP contribution in [-0.2, 0) is 13.1 Å². The van der Waals surface area contributed by atoms with E-state index in [9.17, 15) is 0 Å². The zero-order valence-corrected chi connectivity index (χ0v) is 11.6. The fourth-order valence-corrected chi connectivity index (χ4v) is 2.33. The molecule has 0 fully saturated rings. The molecule has 0 spiro atoms. The van der Waals surface area contributed by atoms with Crippen molar-refractivity contribution in [3.63, 3.8) is 0 Å². The Hall–Kier alpha value is -2.20. The molecule has 0 aliphatic carbocycles. The first-order valence-electron chi connectivity index (χ1n) is 6.91. The molecule has 3 aromatic rings. The fraction of sp³-hybridized carbons (Fsp3) is 0.250. The van der Waals surface area contributed by atoms with Gasteiger partial charge in [-0.1, -0.05) is 13.0 Å². The van der Waals surface area contributed by atoms with Crippen LogP contribution in [0.1, 0.15) is 18.3 Å². The summed E-state index contributed by atoms with van der Waals surface area (Å²) in [7, 11) is 0. The molecule has 1 N–H and O–H groups in total. The standard InChI is InChI=1S/C16H18N4/c1-2-17-11-13-4-5-15-14(10-13)6-9-20(15)12-16-18-7-3-8-19-16/h3-10,17H,2,11-12H2,1H3. The topological polar surface area (TPSA) is 42.7 Å². The van der Waals surface area contributed by atoms with Crippen LogP contribution in [0.3, 0.4) is 0 Å². The highest BCUT2D eigenvalue weighted by Gasteiger charge is 2.04. The van der Waals surface area contributed by atoms with Gasteiger partial charge in [0.05, 0.1) is 6.54 Å². The Morgan fingerprint density at radius 2 is 2.00 bits per heavy atom. The Morgan fingerprint density at radius 3 is 2.80 bits per heavy atom. The van der Waals surface area contributed by atoms with Crippen molar-refractivity contribution in [2.75, 3.05) is 6.54 Å². The normalized spacial score (nSPS) is 11.1. The van der Waals surface area contributed by atoms with E-state index in [0.717, 1.165) is 18.9 Å². The maximum atomic E-state index is 4.28. The fourth-order valence-electron chi connectivity index (χ4n) is 2.33. The van der Waals surface area contributed by atoms with E-state index >= 15 is 0 Å². The summed E-state index contributed by atoms with van der Waals surface area (Å²) < 4.78 is 2.18. The maximum Gasteiger partial charge on any atom is 0.147 e. The lowest BCUT2D eigenvalue weighted by molar-refractivity contribution is 0.727. The largest absolute Gasteiger partial charge is 0.340 e. The third-order valence-corrected chi connectivity index (χ3v) is 3.35. The minimum absolute atomic E-state index is 0.705. The average molecular weight is 266 g/mol. The second-order valence-electron chi connectivity index (χ2n) is 4.78. The second-order valence-corrected chi connectivity index (χ2v) is 4.78. The first-order valence-corrected chi connectivity index (χ1v) is 6.91. The van der Waals surface area contributed by atoms with Crippen LogP contribution >= 0.6 is 0 Å². The SMILES string of the molecule is CCNCc1ccc2c(ccn2Cc2ncccn2)c1. The van der Waals surface area contributed by atoms with Crippen LogP contribution in [0.5, 0.6) is 0 Å². The van der Waals surface area contributed by atoms with Gasteiger partial charge in [-0.3, -0.25) is 0 Å². The van der Waals surface area contributed by atoms with Gasteiger partial charge in [0.15, 0.2) is 0 Å². The lowest BCUT2D eigenvalue weighted by Gasteiger charge is -2.06. The number of fused-ring (bicyclic) bond motifs is 1. The highest BCUT2D eigenvalue weighted by atomic mass is 15.0.